The summed E-state index contributed by atoms with van der Waals surface area (Å²) in [5, 5.41) is 29.4. The number of aryl methyl sites for hydroxylation is 1. The van der Waals surface area contributed by atoms with Crippen LogP contribution in [0.1, 0.15) is 30.5 Å². The minimum Gasteiger partial charge on any atom is -0.505 e. The third-order valence-corrected chi connectivity index (χ3v) is 4.44. The van der Waals surface area contributed by atoms with Crippen LogP contribution in [0.15, 0.2) is 40.6 Å². The zero-order valence-electron chi connectivity index (χ0n) is 15.6. The Labute approximate surface area is 153 Å². The first-order valence-electron chi connectivity index (χ1n) is 8.57. The maximum atomic E-state index is 10.7. The first-order valence-corrected chi connectivity index (χ1v) is 8.57. The van der Waals surface area contributed by atoms with Crippen molar-refractivity contribution in [2.24, 2.45) is 10.2 Å². The van der Waals surface area contributed by atoms with Crippen molar-refractivity contribution in [3.63, 3.8) is 0 Å². The Morgan fingerprint density at radius 3 is 2.27 bits per heavy atom. The quantitative estimate of drug-likeness (QED) is 0.420. The van der Waals surface area contributed by atoms with Crippen molar-refractivity contribution in [1.29, 1.82) is 0 Å². The molecule has 0 aliphatic rings. The molecule has 26 heavy (non-hydrogen) atoms. The third kappa shape index (κ3) is 4.43. The number of hydrogen-bond donors (Lipinski definition) is 1. The van der Waals surface area contributed by atoms with Crippen LogP contribution < -0.4 is 0 Å². The summed E-state index contributed by atoms with van der Waals surface area (Å²) in [6.07, 6.45) is 0. The van der Waals surface area contributed by atoms with E-state index in [2.05, 4.69) is 29.0 Å². The topological polar surface area (TPSA) is 91.3 Å². The minimum absolute atomic E-state index is 0.0000391. The molecular weight excluding hydrogens is 332 g/mol. The molecule has 0 spiro atoms. The van der Waals surface area contributed by atoms with Gasteiger partial charge in [-0.15, -0.1) is 5.11 Å². The Hall–Kier alpha value is -2.80. The summed E-state index contributed by atoms with van der Waals surface area (Å²) >= 11 is 0. The third-order valence-electron chi connectivity index (χ3n) is 4.44. The lowest BCUT2D eigenvalue weighted by molar-refractivity contribution is -0.384. The lowest BCUT2D eigenvalue weighted by Gasteiger charge is -2.21. The Kier molecular flexibility index (Phi) is 6.41. The lowest BCUT2D eigenvalue weighted by atomic mass is 10.0. The summed E-state index contributed by atoms with van der Waals surface area (Å²) in [5.41, 5.74) is 3.65. The van der Waals surface area contributed by atoms with Crippen LogP contribution >= 0.6 is 0 Å². The van der Waals surface area contributed by atoms with E-state index in [0.29, 0.717) is 11.4 Å². The lowest BCUT2D eigenvalue weighted by Crippen LogP contribution is -2.22. The van der Waals surface area contributed by atoms with Gasteiger partial charge in [-0.25, -0.2) is 0 Å². The van der Waals surface area contributed by atoms with Crippen molar-refractivity contribution < 1.29 is 10.0 Å². The van der Waals surface area contributed by atoms with E-state index in [9.17, 15) is 15.2 Å². The molecule has 0 fully saturated rings. The molecule has 1 N–H and O–H groups in total. The first kappa shape index (κ1) is 19.5. The molecule has 0 aromatic heterocycles. The predicted molar refractivity (Wildman–Crippen MR) is 101 cm³/mol. The number of non-ortho nitro benzene ring substituents is 1. The van der Waals surface area contributed by atoms with E-state index in [1.807, 2.05) is 19.9 Å². The Morgan fingerprint density at radius 2 is 1.73 bits per heavy atom. The van der Waals surface area contributed by atoms with Crippen LogP contribution in [0.4, 0.5) is 17.1 Å². The van der Waals surface area contributed by atoms with Gasteiger partial charge in [0.05, 0.1) is 10.6 Å². The predicted octanol–water partition coefficient (Wildman–Crippen LogP) is 5.17. The number of phenols is 1. The maximum Gasteiger partial charge on any atom is 0.269 e. The van der Waals surface area contributed by atoms with E-state index in [0.717, 1.165) is 36.3 Å². The molecule has 0 radical (unpaired) electrons. The second-order valence-electron chi connectivity index (χ2n) is 6.11. The second kappa shape index (κ2) is 8.53. The molecule has 0 atom stereocenters. The number of nitro benzene ring substituents is 1. The average molecular weight is 356 g/mol. The molecule has 138 valence electrons. The molecule has 7 nitrogen and oxygen atoms in total. The van der Waals surface area contributed by atoms with Gasteiger partial charge in [-0.3, -0.25) is 15.0 Å². The zero-order valence-corrected chi connectivity index (χ0v) is 15.6. The van der Waals surface area contributed by atoms with E-state index in [1.54, 1.807) is 0 Å². The van der Waals surface area contributed by atoms with Gasteiger partial charge in [-0.05, 0) is 55.8 Å². The smallest absolute Gasteiger partial charge is 0.269 e. The molecule has 0 aliphatic carbocycles. The number of azo groups is 1. The molecule has 0 heterocycles. The number of nitro groups is 1. The molecule has 7 heteroatoms. The van der Waals surface area contributed by atoms with Crippen molar-refractivity contribution >= 4 is 17.1 Å². The standard InChI is InChI=1S/C19H24N4O3/c1-5-22(6-2)12-15-11-13(3)19(24)18(14(15)4)21-20-16-7-9-17(10-8-16)23(25)26/h7-11,24H,5-6,12H2,1-4H3. The van der Waals surface area contributed by atoms with Crippen molar-refractivity contribution in [2.75, 3.05) is 13.1 Å². The molecule has 0 bridgehead atoms. The van der Waals surface area contributed by atoms with Gasteiger partial charge < -0.3 is 5.11 Å². The zero-order chi connectivity index (χ0) is 19.3. The number of benzene rings is 2. The van der Waals surface area contributed by atoms with Crippen molar-refractivity contribution in [2.45, 2.75) is 34.2 Å². The highest BCUT2D eigenvalue weighted by Crippen LogP contribution is 2.37. The molecule has 2 rings (SSSR count). The monoisotopic (exact) mass is 356 g/mol. The van der Waals surface area contributed by atoms with Gasteiger partial charge >= 0.3 is 0 Å². The van der Waals surface area contributed by atoms with E-state index in [1.165, 1.54) is 24.3 Å². The fraction of sp³-hybridized carbons (Fsp3) is 0.368. The first-order chi connectivity index (χ1) is 12.4. The SMILES string of the molecule is CCN(CC)Cc1cc(C)c(O)c(N=Nc2ccc([N+](=O)[O-])cc2)c1C. The summed E-state index contributed by atoms with van der Waals surface area (Å²) in [4.78, 5) is 12.5. The minimum atomic E-state index is -0.461. The van der Waals surface area contributed by atoms with Gasteiger partial charge in [-0.2, -0.15) is 5.11 Å². The largest absolute Gasteiger partial charge is 0.505 e. The number of hydrogen-bond acceptors (Lipinski definition) is 6. The van der Waals surface area contributed by atoms with Gasteiger partial charge in [0.25, 0.3) is 5.69 Å². The van der Waals surface area contributed by atoms with Crippen LogP contribution in [0, 0.1) is 24.0 Å². The van der Waals surface area contributed by atoms with E-state index < -0.39 is 4.92 Å². The molecule has 0 unspecified atom stereocenters. The van der Waals surface area contributed by atoms with Crippen LogP contribution in [-0.2, 0) is 6.54 Å². The van der Waals surface area contributed by atoms with E-state index in [4.69, 9.17) is 0 Å². The molecule has 2 aromatic rings. The van der Waals surface area contributed by atoms with Crippen molar-refractivity contribution in [1.82, 2.24) is 4.90 Å². The van der Waals surface area contributed by atoms with Gasteiger partial charge in [0, 0.05) is 18.7 Å². The van der Waals surface area contributed by atoms with E-state index in [-0.39, 0.29) is 11.4 Å². The number of nitrogens with zero attached hydrogens (tertiary/aromatic N) is 4. The van der Waals surface area contributed by atoms with Crippen molar-refractivity contribution in [3.05, 3.63) is 57.1 Å². The van der Waals surface area contributed by atoms with Gasteiger partial charge in [0.1, 0.15) is 11.4 Å². The van der Waals surface area contributed by atoms with Crippen LogP contribution in [0.25, 0.3) is 0 Å². The van der Waals surface area contributed by atoms with Crippen LogP contribution in [0.2, 0.25) is 0 Å². The Bertz CT molecular complexity index is 813. The summed E-state index contributed by atoms with van der Waals surface area (Å²) in [6.45, 7) is 10.6. The summed E-state index contributed by atoms with van der Waals surface area (Å²) < 4.78 is 0. The van der Waals surface area contributed by atoms with E-state index >= 15 is 0 Å². The van der Waals surface area contributed by atoms with Gasteiger partial charge in [-0.1, -0.05) is 19.9 Å². The molecule has 0 aliphatic heterocycles. The highest BCUT2D eigenvalue weighted by molar-refractivity contribution is 5.63. The fourth-order valence-corrected chi connectivity index (χ4v) is 2.68. The number of phenolic OH excluding ortho intramolecular Hbond substituents is 1. The van der Waals surface area contributed by atoms with Gasteiger partial charge in [0.15, 0.2) is 0 Å². The molecule has 2 aromatic carbocycles. The highest BCUT2D eigenvalue weighted by atomic mass is 16.6. The summed E-state index contributed by atoms with van der Waals surface area (Å²) in [5.74, 6) is 0.108. The maximum absolute atomic E-state index is 10.7. The number of rotatable bonds is 7. The second-order valence-corrected chi connectivity index (χ2v) is 6.11. The normalized spacial score (nSPS) is 11.4. The van der Waals surface area contributed by atoms with Crippen molar-refractivity contribution in [3.8, 4) is 5.75 Å². The average Bonchev–Trinajstić information content (AvgIpc) is 2.64. The molecule has 0 amide bonds. The summed E-state index contributed by atoms with van der Waals surface area (Å²) in [7, 11) is 0. The van der Waals surface area contributed by atoms with Crippen LogP contribution in [0.5, 0.6) is 5.75 Å². The molecule has 0 saturated carbocycles. The molecular formula is C19H24N4O3. The van der Waals surface area contributed by atoms with Gasteiger partial charge in [0.2, 0.25) is 0 Å². The summed E-state index contributed by atoms with van der Waals surface area (Å²) in [6, 6.07) is 7.79. The Balaban J connectivity index is 2.35. The highest BCUT2D eigenvalue weighted by Gasteiger charge is 2.14. The van der Waals surface area contributed by atoms with Crippen LogP contribution in [-0.4, -0.2) is 28.0 Å². The molecule has 0 saturated heterocycles. The van der Waals surface area contributed by atoms with Crippen LogP contribution in [0.3, 0.4) is 0 Å². The Morgan fingerprint density at radius 1 is 1.12 bits per heavy atom. The fourth-order valence-electron chi connectivity index (χ4n) is 2.68. The number of aromatic hydroxyl groups is 1.